The van der Waals surface area contributed by atoms with Crippen LogP contribution in [0.1, 0.15) is 44.4 Å². The minimum atomic E-state index is -0.166. The van der Waals surface area contributed by atoms with Crippen LogP contribution in [0.4, 0.5) is 4.39 Å². The van der Waals surface area contributed by atoms with E-state index in [0.717, 1.165) is 29.8 Å². The molecule has 0 saturated carbocycles. The molecule has 0 fully saturated rings. The second kappa shape index (κ2) is 6.47. The summed E-state index contributed by atoms with van der Waals surface area (Å²) in [5.41, 5.74) is 1.87. The lowest BCUT2D eigenvalue weighted by molar-refractivity contribution is 0.435. The first-order chi connectivity index (χ1) is 9.04. The number of fused-ring (bicyclic) bond motifs is 1. The maximum absolute atomic E-state index is 14.0. The van der Waals surface area contributed by atoms with Gasteiger partial charge in [-0.1, -0.05) is 32.4 Å². The van der Waals surface area contributed by atoms with E-state index in [4.69, 9.17) is 11.6 Å². The molecule has 0 aliphatic carbocycles. The Labute approximate surface area is 124 Å². The van der Waals surface area contributed by atoms with Crippen molar-refractivity contribution in [2.24, 2.45) is 5.92 Å². The van der Waals surface area contributed by atoms with Crippen LogP contribution in [0.15, 0.2) is 12.1 Å². The van der Waals surface area contributed by atoms with Gasteiger partial charge in [-0.25, -0.2) is 4.39 Å². The van der Waals surface area contributed by atoms with Gasteiger partial charge in [-0.15, -0.1) is 0 Å². The Morgan fingerprint density at radius 2 is 2.21 bits per heavy atom. The molecule has 0 spiro atoms. The van der Waals surface area contributed by atoms with Gasteiger partial charge in [0, 0.05) is 27.6 Å². The van der Waals surface area contributed by atoms with Crippen LogP contribution in [0, 0.1) is 11.7 Å². The SMILES string of the molecule is CCCNC1c2cc(Cl)cc(F)c2CSC1C(C)C. The summed E-state index contributed by atoms with van der Waals surface area (Å²) in [6, 6.07) is 3.55. The molecule has 1 nitrogen and oxygen atoms in total. The minimum Gasteiger partial charge on any atom is -0.309 e. The van der Waals surface area contributed by atoms with Crippen molar-refractivity contribution in [1.82, 2.24) is 5.32 Å². The number of halogens is 2. The number of benzene rings is 1. The highest BCUT2D eigenvalue weighted by atomic mass is 35.5. The monoisotopic (exact) mass is 301 g/mol. The Balaban J connectivity index is 2.39. The number of nitrogens with one attached hydrogen (secondary N) is 1. The fourth-order valence-electron chi connectivity index (χ4n) is 2.61. The minimum absolute atomic E-state index is 0.166. The predicted molar refractivity (Wildman–Crippen MR) is 82.4 cm³/mol. The van der Waals surface area contributed by atoms with Crippen molar-refractivity contribution in [3.63, 3.8) is 0 Å². The molecule has 0 aromatic heterocycles. The molecule has 106 valence electrons. The summed E-state index contributed by atoms with van der Waals surface area (Å²) < 4.78 is 14.0. The summed E-state index contributed by atoms with van der Waals surface area (Å²) in [5, 5.41) is 4.53. The third-order valence-corrected chi connectivity index (χ3v) is 5.42. The van der Waals surface area contributed by atoms with Gasteiger partial charge in [0.25, 0.3) is 0 Å². The summed E-state index contributed by atoms with van der Waals surface area (Å²) in [5.74, 6) is 1.13. The zero-order chi connectivity index (χ0) is 14.0. The second-order valence-corrected chi connectivity index (χ2v) is 7.01. The van der Waals surface area contributed by atoms with Crippen molar-refractivity contribution in [2.45, 2.75) is 44.2 Å². The van der Waals surface area contributed by atoms with E-state index >= 15 is 0 Å². The summed E-state index contributed by atoms with van der Waals surface area (Å²) >= 11 is 7.88. The number of rotatable bonds is 4. The van der Waals surface area contributed by atoms with Gasteiger partial charge in [-0.3, -0.25) is 0 Å². The van der Waals surface area contributed by atoms with Crippen LogP contribution < -0.4 is 5.32 Å². The lowest BCUT2D eigenvalue weighted by Gasteiger charge is -2.36. The van der Waals surface area contributed by atoms with Crippen molar-refractivity contribution in [3.8, 4) is 0 Å². The van der Waals surface area contributed by atoms with E-state index in [1.807, 2.05) is 17.8 Å². The van der Waals surface area contributed by atoms with Crippen LogP contribution >= 0.6 is 23.4 Å². The average molecular weight is 302 g/mol. The first kappa shape index (κ1) is 15.1. The van der Waals surface area contributed by atoms with Crippen LogP contribution in [0.25, 0.3) is 0 Å². The molecule has 1 N–H and O–H groups in total. The van der Waals surface area contributed by atoms with Crippen LogP contribution in [0.5, 0.6) is 0 Å². The van der Waals surface area contributed by atoms with E-state index in [1.165, 1.54) is 6.07 Å². The molecule has 1 aromatic carbocycles. The molecule has 4 heteroatoms. The summed E-state index contributed by atoms with van der Waals surface area (Å²) in [7, 11) is 0. The van der Waals surface area contributed by atoms with Crippen molar-refractivity contribution in [3.05, 3.63) is 34.1 Å². The van der Waals surface area contributed by atoms with Gasteiger partial charge in [0.15, 0.2) is 0 Å². The second-order valence-electron chi connectivity index (χ2n) is 5.41. The third-order valence-electron chi connectivity index (χ3n) is 3.55. The van der Waals surface area contributed by atoms with Gasteiger partial charge in [-0.05, 0) is 36.6 Å². The van der Waals surface area contributed by atoms with Gasteiger partial charge in [0.05, 0.1) is 0 Å². The highest BCUT2D eigenvalue weighted by Gasteiger charge is 2.33. The van der Waals surface area contributed by atoms with Crippen molar-refractivity contribution >= 4 is 23.4 Å². The van der Waals surface area contributed by atoms with Gasteiger partial charge < -0.3 is 5.32 Å². The number of thioether (sulfide) groups is 1. The Hall–Kier alpha value is -0.250. The normalized spacial score (nSPS) is 22.6. The highest BCUT2D eigenvalue weighted by Crippen LogP contribution is 2.42. The molecule has 0 bridgehead atoms. The lowest BCUT2D eigenvalue weighted by atomic mass is 9.92. The van der Waals surface area contributed by atoms with Gasteiger partial charge in [0.1, 0.15) is 5.82 Å². The largest absolute Gasteiger partial charge is 0.309 e. The molecule has 2 unspecified atom stereocenters. The third kappa shape index (κ3) is 3.26. The quantitative estimate of drug-likeness (QED) is 0.858. The van der Waals surface area contributed by atoms with Crippen LogP contribution in [0.2, 0.25) is 5.02 Å². The van der Waals surface area contributed by atoms with Crippen molar-refractivity contribution < 1.29 is 4.39 Å². The average Bonchev–Trinajstić information content (AvgIpc) is 2.35. The van der Waals surface area contributed by atoms with Crippen molar-refractivity contribution in [1.29, 1.82) is 0 Å². The van der Waals surface area contributed by atoms with Gasteiger partial charge in [-0.2, -0.15) is 11.8 Å². The molecule has 0 amide bonds. The highest BCUT2D eigenvalue weighted by molar-refractivity contribution is 7.99. The maximum Gasteiger partial charge on any atom is 0.129 e. The Morgan fingerprint density at radius 1 is 1.47 bits per heavy atom. The zero-order valence-electron chi connectivity index (χ0n) is 11.7. The smallest absolute Gasteiger partial charge is 0.129 e. The Morgan fingerprint density at radius 3 is 2.84 bits per heavy atom. The van der Waals surface area contributed by atoms with Crippen LogP contribution in [-0.2, 0) is 5.75 Å². The van der Waals surface area contributed by atoms with E-state index in [9.17, 15) is 4.39 Å². The molecule has 0 saturated heterocycles. The molecule has 2 atom stereocenters. The summed E-state index contributed by atoms with van der Waals surface area (Å²) in [6.07, 6.45) is 1.07. The van der Waals surface area contributed by atoms with E-state index in [0.29, 0.717) is 16.2 Å². The van der Waals surface area contributed by atoms with E-state index in [2.05, 4.69) is 26.1 Å². The standard InChI is InChI=1S/C15H21ClFNS/c1-4-5-18-14-11-6-10(16)7-13(17)12(11)8-19-15(14)9(2)3/h6-7,9,14-15,18H,4-5,8H2,1-3H3. The van der Waals surface area contributed by atoms with E-state index < -0.39 is 0 Å². The van der Waals surface area contributed by atoms with Crippen molar-refractivity contribution in [2.75, 3.05) is 6.54 Å². The number of hydrogen-bond acceptors (Lipinski definition) is 2. The topological polar surface area (TPSA) is 12.0 Å². The fourth-order valence-corrected chi connectivity index (χ4v) is 4.31. The summed E-state index contributed by atoms with van der Waals surface area (Å²) in [6.45, 7) is 7.54. The molecule has 1 heterocycles. The zero-order valence-corrected chi connectivity index (χ0v) is 13.2. The molecular weight excluding hydrogens is 281 g/mol. The summed E-state index contributed by atoms with van der Waals surface area (Å²) in [4.78, 5) is 0. The Bertz CT molecular complexity index is 450. The van der Waals surface area contributed by atoms with Gasteiger partial charge >= 0.3 is 0 Å². The van der Waals surface area contributed by atoms with Crippen LogP contribution in [0.3, 0.4) is 0 Å². The fraction of sp³-hybridized carbons (Fsp3) is 0.600. The first-order valence-electron chi connectivity index (χ1n) is 6.87. The molecule has 19 heavy (non-hydrogen) atoms. The molecule has 1 aliphatic heterocycles. The molecule has 2 rings (SSSR count). The maximum atomic E-state index is 14.0. The Kier molecular flexibility index (Phi) is 5.15. The van der Waals surface area contributed by atoms with Gasteiger partial charge in [0.2, 0.25) is 0 Å². The van der Waals surface area contributed by atoms with E-state index in [-0.39, 0.29) is 11.9 Å². The van der Waals surface area contributed by atoms with Crippen LogP contribution in [-0.4, -0.2) is 11.8 Å². The predicted octanol–water partition coefficient (Wildman–Crippen LogP) is 4.79. The van der Waals surface area contributed by atoms with E-state index in [1.54, 1.807) is 0 Å². The number of hydrogen-bond donors (Lipinski definition) is 1. The molecular formula is C15H21ClFNS. The molecule has 1 aromatic rings. The molecule has 0 radical (unpaired) electrons. The molecule has 1 aliphatic rings. The lowest BCUT2D eigenvalue weighted by Crippen LogP contribution is -2.37. The first-order valence-corrected chi connectivity index (χ1v) is 8.30.